The number of carbonyl (C=O) groups excluding carboxylic acids is 2. The van der Waals surface area contributed by atoms with Gasteiger partial charge in [-0.05, 0) is 18.4 Å². The van der Waals surface area contributed by atoms with E-state index in [0.29, 0.717) is 19.4 Å². The van der Waals surface area contributed by atoms with E-state index in [-0.39, 0.29) is 12.4 Å². The molecule has 1 amide bonds. The molecule has 0 radical (unpaired) electrons. The Morgan fingerprint density at radius 2 is 1.89 bits per heavy atom. The zero-order valence-corrected chi connectivity index (χ0v) is 11.4. The van der Waals surface area contributed by atoms with E-state index in [1.807, 2.05) is 37.3 Å². The molecule has 0 heterocycles. The van der Waals surface area contributed by atoms with E-state index in [9.17, 15) is 9.59 Å². The minimum atomic E-state index is -0.411. The molecule has 1 aromatic carbocycles. The standard InChI is InChI=1S/C15H21NO3/c1-2-14(17)10-6-7-11-16-15(18)19-12-13-8-4-3-5-9-13/h3-5,8-9H,2,6-7,10-12H2,1H3,(H,16,18). The highest BCUT2D eigenvalue weighted by Crippen LogP contribution is 2.01. The van der Waals surface area contributed by atoms with Crippen LogP contribution in [0.2, 0.25) is 0 Å². The van der Waals surface area contributed by atoms with Crippen LogP contribution in [0.4, 0.5) is 4.79 Å². The van der Waals surface area contributed by atoms with E-state index in [4.69, 9.17) is 4.74 Å². The van der Waals surface area contributed by atoms with Crippen molar-refractivity contribution in [1.29, 1.82) is 0 Å². The first-order chi connectivity index (χ1) is 9.22. The zero-order chi connectivity index (χ0) is 13.9. The van der Waals surface area contributed by atoms with E-state index in [2.05, 4.69) is 5.32 Å². The highest BCUT2D eigenvalue weighted by Gasteiger charge is 2.02. The van der Waals surface area contributed by atoms with E-state index >= 15 is 0 Å². The summed E-state index contributed by atoms with van der Waals surface area (Å²) in [4.78, 5) is 22.4. The summed E-state index contributed by atoms with van der Waals surface area (Å²) in [5.41, 5.74) is 0.964. The molecule has 1 aromatic rings. The number of alkyl carbamates (subject to hydrolysis) is 1. The molecule has 0 aliphatic rings. The number of nitrogens with one attached hydrogen (secondary N) is 1. The van der Waals surface area contributed by atoms with Crippen molar-refractivity contribution in [3.05, 3.63) is 35.9 Å². The van der Waals surface area contributed by atoms with Gasteiger partial charge < -0.3 is 10.1 Å². The first-order valence-corrected chi connectivity index (χ1v) is 6.68. The Labute approximate surface area is 114 Å². The van der Waals surface area contributed by atoms with Gasteiger partial charge in [-0.1, -0.05) is 37.3 Å². The normalized spacial score (nSPS) is 9.95. The summed E-state index contributed by atoms with van der Waals surface area (Å²) < 4.78 is 5.06. The molecule has 1 N–H and O–H groups in total. The molecule has 4 nitrogen and oxygen atoms in total. The van der Waals surface area contributed by atoms with E-state index < -0.39 is 6.09 Å². The summed E-state index contributed by atoms with van der Waals surface area (Å²) >= 11 is 0. The van der Waals surface area contributed by atoms with Crippen LogP contribution in [0.1, 0.15) is 38.2 Å². The quantitative estimate of drug-likeness (QED) is 0.733. The molecule has 1 rings (SSSR count). The maximum absolute atomic E-state index is 11.4. The number of ether oxygens (including phenoxy) is 1. The highest BCUT2D eigenvalue weighted by molar-refractivity contribution is 5.77. The average Bonchev–Trinajstić information content (AvgIpc) is 2.45. The lowest BCUT2D eigenvalue weighted by atomic mass is 10.1. The van der Waals surface area contributed by atoms with Crippen molar-refractivity contribution in [1.82, 2.24) is 5.32 Å². The number of ketones is 1. The van der Waals surface area contributed by atoms with Gasteiger partial charge >= 0.3 is 6.09 Å². The number of unbranched alkanes of at least 4 members (excludes halogenated alkanes) is 1. The van der Waals surface area contributed by atoms with Gasteiger partial charge in [-0.15, -0.1) is 0 Å². The molecule has 0 atom stereocenters. The van der Waals surface area contributed by atoms with E-state index in [0.717, 1.165) is 18.4 Å². The summed E-state index contributed by atoms with van der Waals surface area (Å²) in [6.07, 6.45) is 2.38. The second-order valence-corrected chi connectivity index (χ2v) is 4.34. The van der Waals surface area contributed by atoms with Gasteiger partial charge in [0, 0.05) is 19.4 Å². The monoisotopic (exact) mass is 263 g/mol. The van der Waals surface area contributed by atoms with Gasteiger partial charge in [0.1, 0.15) is 12.4 Å². The second-order valence-electron chi connectivity index (χ2n) is 4.34. The van der Waals surface area contributed by atoms with Gasteiger partial charge in [-0.3, -0.25) is 4.79 Å². The van der Waals surface area contributed by atoms with Gasteiger partial charge in [-0.25, -0.2) is 4.79 Å². The molecule has 0 aromatic heterocycles. The largest absolute Gasteiger partial charge is 0.445 e. The van der Waals surface area contributed by atoms with Crippen LogP contribution in [0, 0.1) is 0 Å². The van der Waals surface area contributed by atoms with Gasteiger partial charge in [0.2, 0.25) is 0 Å². The van der Waals surface area contributed by atoms with Crippen molar-refractivity contribution >= 4 is 11.9 Å². The molecule has 19 heavy (non-hydrogen) atoms. The number of Topliss-reactive ketones (excluding diaryl/α,β-unsaturated/α-hetero) is 1. The minimum Gasteiger partial charge on any atom is -0.445 e. The Bertz CT molecular complexity index is 390. The molecule has 0 aliphatic heterocycles. The number of rotatable bonds is 8. The van der Waals surface area contributed by atoms with Crippen molar-refractivity contribution in [2.75, 3.05) is 6.54 Å². The van der Waals surface area contributed by atoms with Gasteiger partial charge in [-0.2, -0.15) is 0 Å². The first-order valence-electron chi connectivity index (χ1n) is 6.68. The summed E-state index contributed by atoms with van der Waals surface area (Å²) in [6, 6.07) is 9.54. The van der Waals surface area contributed by atoms with Crippen molar-refractivity contribution in [3.63, 3.8) is 0 Å². The fourth-order valence-electron chi connectivity index (χ4n) is 1.59. The molecule has 0 saturated carbocycles. The number of hydrogen-bond acceptors (Lipinski definition) is 3. The number of carbonyl (C=O) groups is 2. The Morgan fingerprint density at radius 3 is 2.58 bits per heavy atom. The van der Waals surface area contributed by atoms with Crippen molar-refractivity contribution < 1.29 is 14.3 Å². The van der Waals surface area contributed by atoms with Crippen molar-refractivity contribution in [2.45, 2.75) is 39.2 Å². The van der Waals surface area contributed by atoms with Crippen LogP contribution in [0.3, 0.4) is 0 Å². The van der Waals surface area contributed by atoms with Crippen molar-refractivity contribution in [2.24, 2.45) is 0 Å². The summed E-state index contributed by atoms with van der Waals surface area (Å²) in [6.45, 7) is 2.69. The summed E-state index contributed by atoms with van der Waals surface area (Å²) in [5.74, 6) is 0.270. The molecule has 0 saturated heterocycles. The fraction of sp³-hybridized carbons (Fsp3) is 0.467. The maximum atomic E-state index is 11.4. The van der Waals surface area contributed by atoms with Crippen molar-refractivity contribution in [3.8, 4) is 0 Å². The minimum absolute atomic E-state index is 0.270. The van der Waals surface area contributed by atoms with Crippen LogP contribution in [0.5, 0.6) is 0 Å². The first kappa shape index (κ1) is 15.2. The number of benzene rings is 1. The fourth-order valence-corrected chi connectivity index (χ4v) is 1.59. The smallest absolute Gasteiger partial charge is 0.407 e. The zero-order valence-electron chi connectivity index (χ0n) is 11.4. The molecule has 0 aliphatic carbocycles. The molecule has 0 bridgehead atoms. The summed E-state index contributed by atoms with van der Waals surface area (Å²) in [5, 5.41) is 2.67. The van der Waals surface area contributed by atoms with Gasteiger partial charge in [0.15, 0.2) is 0 Å². The van der Waals surface area contributed by atoms with E-state index in [1.165, 1.54) is 0 Å². The number of hydrogen-bond donors (Lipinski definition) is 1. The highest BCUT2D eigenvalue weighted by atomic mass is 16.5. The Balaban J connectivity index is 2.04. The lowest BCUT2D eigenvalue weighted by Gasteiger charge is -2.06. The molecule has 0 unspecified atom stereocenters. The van der Waals surface area contributed by atoms with Crippen LogP contribution < -0.4 is 5.32 Å². The van der Waals surface area contributed by atoms with Crippen LogP contribution in [-0.2, 0) is 16.1 Å². The third-order valence-corrected chi connectivity index (χ3v) is 2.76. The molecule has 0 spiro atoms. The van der Waals surface area contributed by atoms with Crippen LogP contribution in [0.25, 0.3) is 0 Å². The third-order valence-electron chi connectivity index (χ3n) is 2.76. The van der Waals surface area contributed by atoms with Crippen LogP contribution >= 0.6 is 0 Å². The lowest BCUT2D eigenvalue weighted by molar-refractivity contribution is -0.118. The molecular formula is C15H21NO3. The molecular weight excluding hydrogens is 242 g/mol. The predicted molar refractivity (Wildman–Crippen MR) is 73.8 cm³/mol. The second kappa shape index (κ2) is 9.14. The number of amides is 1. The molecule has 104 valence electrons. The average molecular weight is 263 g/mol. The van der Waals surface area contributed by atoms with Crippen LogP contribution in [0.15, 0.2) is 30.3 Å². The van der Waals surface area contributed by atoms with Gasteiger partial charge in [0.25, 0.3) is 0 Å². The molecule has 0 fully saturated rings. The maximum Gasteiger partial charge on any atom is 0.407 e. The summed E-state index contributed by atoms with van der Waals surface area (Å²) in [7, 11) is 0. The van der Waals surface area contributed by atoms with Gasteiger partial charge in [0.05, 0.1) is 0 Å². The SMILES string of the molecule is CCC(=O)CCCCNC(=O)OCc1ccccc1. The van der Waals surface area contributed by atoms with E-state index in [1.54, 1.807) is 0 Å². The predicted octanol–water partition coefficient (Wildman–Crippen LogP) is 3.06. The molecule has 4 heteroatoms. The lowest BCUT2D eigenvalue weighted by Crippen LogP contribution is -2.25. The topological polar surface area (TPSA) is 55.4 Å². The Hall–Kier alpha value is -1.84. The Kier molecular flexibility index (Phi) is 7.32. The third kappa shape index (κ3) is 7.24. The Morgan fingerprint density at radius 1 is 1.16 bits per heavy atom. The van der Waals surface area contributed by atoms with Crippen LogP contribution in [-0.4, -0.2) is 18.4 Å².